The number of amides is 1. The third-order valence-corrected chi connectivity index (χ3v) is 2.51. The number of ether oxygens (including phenoxy) is 1. The lowest BCUT2D eigenvalue weighted by atomic mass is 9.98. The van der Waals surface area contributed by atoms with E-state index in [9.17, 15) is 14.4 Å². The van der Waals surface area contributed by atoms with Crippen LogP contribution in [0.25, 0.3) is 0 Å². The predicted molar refractivity (Wildman–Crippen MR) is 53.6 cm³/mol. The van der Waals surface area contributed by atoms with Crippen LogP contribution in [0.4, 0.5) is 0 Å². The molecular weight excluding hydrogens is 214 g/mol. The standard InChI is InChI=1S/C10H15NO5/c1-2-16-10(15)8(12)11-5-3-4-7(6-11)9(13)14/h7H,2-6H2,1H3,(H,13,14). The summed E-state index contributed by atoms with van der Waals surface area (Å²) in [6.45, 7) is 2.26. The molecule has 0 aromatic heterocycles. The van der Waals surface area contributed by atoms with Crippen molar-refractivity contribution in [2.45, 2.75) is 19.8 Å². The number of hydrogen-bond acceptors (Lipinski definition) is 4. The van der Waals surface area contributed by atoms with Gasteiger partial charge in [-0.25, -0.2) is 4.79 Å². The number of aliphatic carboxylic acids is 1. The van der Waals surface area contributed by atoms with Gasteiger partial charge >= 0.3 is 17.8 Å². The lowest BCUT2D eigenvalue weighted by Crippen LogP contribution is -2.45. The highest BCUT2D eigenvalue weighted by molar-refractivity contribution is 6.32. The molecule has 0 aromatic rings. The summed E-state index contributed by atoms with van der Waals surface area (Å²) in [5.74, 6) is -3.16. The fourth-order valence-electron chi connectivity index (χ4n) is 1.69. The number of piperidine rings is 1. The lowest BCUT2D eigenvalue weighted by molar-refractivity contribution is -0.162. The second kappa shape index (κ2) is 5.48. The van der Waals surface area contributed by atoms with Crippen molar-refractivity contribution in [3.05, 3.63) is 0 Å². The monoisotopic (exact) mass is 229 g/mol. The van der Waals surface area contributed by atoms with Crippen molar-refractivity contribution in [2.24, 2.45) is 5.92 Å². The highest BCUT2D eigenvalue weighted by Crippen LogP contribution is 2.16. The van der Waals surface area contributed by atoms with Crippen LogP contribution in [0.3, 0.4) is 0 Å². The van der Waals surface area contributed by atoms with Gasteiger partial charge in [0.05, 0.1) is 12.5 Å². The van der Waals surface area contributed by atoms with Crippen molar-refractivity contribution in [2.75, 3.05) is 19.7 Å². The highest BCUT2D eigenvalue weighted by atomic mass is 16.5. The molecule has 1 unspecified atom stereocenters. The first-order chi connectivity index (χ1) is 7.56. The van der Waals surface area contributed by atoms with Gasteiger partial charge in [-0.1, -0.05) is 0 Å². The average Bonchev–Trinajstić information content (AvgIpc) is 2.28. The van der Waals surface area contributed by atoms with Gasteiger partial charge in [-0.15, -0.1) is 0 Å². The van der Waals surface area contributed by atoms with Crippen molar-refractivity contribution >= 4 is 17.8 Å². The molecule has 6 nitrogen and oxygen atoms in total. The van der Waals surface area contributed by atoms with Gasteiger partial charge in [0, 0.05) is 13.1 Å². The number of carboxylic acid groups (broad SMARTS) is 1. The van der Waals surface area contributed by atoms with Crippen LogP contribution in [0.15, 0.2) is 0 Å². The Morgan fingerprint density at radius 1 is 1.44 bits per heavy atom. The summed E-state index contributed by atoms with van der Waals surface area (Å²) in [6.07, 6.45) is 1.14. The molecule has 6 heteroatoms. The first-order valence-electron chi connectivity index (χ1n) is 5.25. The minimum atomic E-state index is -0.929. The molecule has 1 aliphatic rings. The van der Waals surface area contributed by atoms with E-state index in [1.165, 1.54) is 4.90 Å². The number of carbonyl (C=O) groups is 3. The maximum absolute atomic E-state index is 11.5. The maximum Gasteiger partial charge on any atom is 0.397 e. The Labute approximate surface area is 93.2 Å². The zero-order chi connectivity index (χ0) is 12.1. The van der Waals surface area contributed by atoms with Gasteiger partial charge < -0.3 is 14.7 Å². The molecule has 1 atom stereocenters. The maximum atomic E-state index is 11.5. The van der Waals surface area contributed by atoms with Crippen molar-refractivity contribution in [1.29, 1.82) is 0 Å². The molecule has 16 heavy (non-hydrogen) atoms. The molecule has 1 heterocycles. The first-order valence-corrected chi connectivity index (χ1v) is 5.25. The summed E-state index contributed by atoms with van der Waals surface area (Å²) >= 11 is 0. The van der Waals surface area contributed by atoms with Crippen LogP contribution in [0.2, 0.25) is 0 Å². The number of hydrogen-bond donors (Lipinski definition) is 1. The number of likely N-dealkylation sites (tertiary alicyclic amines) is 1. The van der Waals surface area contributed by atoms with Crippen LogP contribution in [0.1, 0.15) is 19.8 Å². The highest BCUT2D eigenvalue weighted by Gasteiger charge is 2.31. The van der Waals surface area contributed by atoms with Crippen LogP contribution in [0.5, 0.6) is 0 Å². The number of carboxylic acids is 1. The molecule has 1 saturated heterocycles. The second-order valence-corrected chi connectivity index (χ2v) is 3.65. The van der Waals surface area contributed by atoms with E-state index in [2.05, 4.69) is 4.74 Å². The number of rotatable bonds is 2. The Morgan fingerprint density at radius 3 is 2.69 bits per heavy atom. The van der Waals surface area contributed by atoms with Gasteiger partial charge in [-0.2, -0.15) is 0 Å². The average molecular weight is 229 g/mol. The molecule has 0 aromatic carbocycles. The smallest absolute Gasteiger partial charge is 0.397 e. The SMILES string of the molecule is CCOC(=O)C(=O)N1CCCC(C(=O)O)C1. The largest absolute Gasteiger partial charge is 0.481 e. The topological polar surface area (TPSA) is 83.9 Å². The van der Waals surface area contributed by atoms with E-state index in [1.54, 1.807) is 6.92 Å². The molecule has 0 bridgehead atoms. The normalized spacial score (nSPS) is 20.3. The van der Waals surface area contributed by atoms with Gasteiger partial charge in [0.2, 0.25) is 0 Å². The van der Waals surface area contributed by atoms with E-state index in [4.69, 9.17) is 5.11 Å². The predicted octanol–water partition coefficient (Wildman–Crippen LogP) is -0.127. The van der Waals surface area contributed by atoms with Crippen molar-refractivity contribution in [3.63, 3.8) is 0 Å². The fraction of sp³-hybridized carbons (Fsp3) is 0.700. The summed E-state index contributed by atoms with van der Waals surface area (Å²) in [4.78, 5) is 34.7. The van der Waals surface area contributed by atoms with Gasteiger partial charge in [0.15, 0.2) is 0 Å². The molecule has 90 valence electrons. The number of nitrogens with zero attached hydrogens (tertiary/aromatic N) is 1. The minimum absolute atomic E-state index is 0.0903. The summed E-state index contributed by atoms with van der Waals surface area (Å²) in [6, 6.07) is 0. The fourth-order valence-corrected chi connectivity index (χ4v) is 1.69. The van der Waals surface area contributed by atoms with Gasteiger partial charge in [-0.05, 0) is 19.8 Å². The molecule has 1 rings (SSSR count). The minimum Gasteiger partial charge on any atom is -0.481 e. The molecule has 1 N–H and O–H groups in total. The summed E-state index contributed by atoms with van der Waals surface area (Å²) in [7, 11) is 0. The molecular formula is C10H15NO5. The Hall–Kier alpha value is -1.59. The van der Waals surface area contributed by atoms with E-state index < -0.39 is 23.8 Å². The zero-order valence-electron chi connectivity index (χ0n) is 9.14. The van der Waals surface area contributed by atoms with Crippen LogP contribution >= 0.6 is 0 Å². The molecule has 0 aliphatic carbocycles. The Kier molecular flexibility index (Phi) is 4.28. The van der Waals surface area contributed by atoms with E-state index in [1.807, 2.05) is 0 Å². The Balaban J connectivity index is 2.56. The van der Waals surface area contributed by atoms with Gasteiger partial charge in [-0.3, -0.25) is 9.59 Å². The van der Waals surface area contributed by atoms with Crippen molar-refractivity contribution in [3.8, 4) is 0 Å². The molecule has 1 amide bonds. The van der Waals surface area contributed by atoms with Crippen LogP contribution in [-0.2, 0) is 19.1 Å². The van der Waals surface area contributed by atoms with E-state index in [0.29, 0.717) is 19.4 Å². The van der Waals surface area contributed by atoms with E-state index >= 15 is 0 Å². The third kappa shape index (κ3) is 2.95. The summed E-state index contributed by atoms with van der Waals surface area (Å²) in [5, 5.41) is 8.83. The molecule has 1 fully saturated rings. The van der Waals surface area contributed by atoms with Crippen LogP contribution < -0.4 is 0 Å². The summed E-state index contributed by atoms with van der Waals surface area (Å²) < 4.78 is 4.58. The number of esters is 1. The van der Waals surface area contributed by atoms with E-state index in [-0.39, 0.29) is 13.2 Å². The molecule has 0 spiro atoms. The first kappa shape index (κ1) is 12.5. The van der Waals surface area contributed by atoms with Crippen molar-refractivity contribution < 1.29 is 24.2 Å². The molecule has 0 saturated carbocycles. The Bertz CT molecular complexity index is 302. The van der Waals surface area contributed by atoms with Crippen LogP contribution in [-0.4, -0.2) is 47.5 Å². The van der Waals surface area contributed by atoms with E-state index in [0.717, 1.165) is 0 Å². The quantitative estimate of drug-likeness (QED) is 0.527. The van der Waals surface area contributed by atoms with Crippen molar-refractivity contribution in [1.82, 2.24) is 4.90 Å². The second-order valence-electron chi connectivity index (χ2n) is 3.65. The third-order valence-electron chi connectivity index (χ3n) is 2.51. The number of carbonyl (C=O) groups excluding carboxylic acids is 2. The zero-order valence-corrected chi connectivity index (χ0v) is 9.14. The Morgan fingerprint density at radius 2 is 2.12 bits per heavy atom. The van der Waals surface area contributed by atoms with Gasteiger partial charge in [0.1, 0.15) is 0 Å². The van der Waals surface area contributed by atoms with Crippen LogP contribution in [0, 0.1) is 5.92 Å². The summed E-state index contributed by atoms with van der Waals surface area (Å²) in [5.41, 5.74) is 0. The molecule has 0 radical (unpaired) electrons. The van der Waals surface area contributed by atoms with Gasteiger partial charge in [0.25, 0.3) is 0 Å². The lowest BCUT2D eigenvalue weighted by Gasteiger charge is -2.29. The molecule has 1 aliphatic heterocycles.